The third-order valence-electron chi connectivity index (χ3n) is 2.87. The molecule has 0 fully saturated rings. The van der Waals surface area contributed by atoms with Gasteiger partial charge in [0.1, 0.15) is 5.75 Å². The van der Waals surface area contributed by atoms with Crippen LogP contribution in [-0.2, 0) is 11.3 Å². The first-order valence-corrected chi connectivity index (χ1v) is 6.17. The number of hydrogen-bond acceptors (Lipinski definition) is 2. The van der Waals surface area contributed by atoms with Crippen LogP contribution in [0.1, 0.15) is 12.5 Å². The highest BCUT2D eigenvalue weighted by Gasteiger charge is 2.01. The minimum absolute atomic E-state index is 0.0215. The van der Waals surface area contributed by atoms with Crippen molar-refractivity contribution in [3.63, 3.8) is 0 Å². The zero-order chi connectivity index (χ0) is 13.7. The summed E-state index contributed by atoms with van der Waals surface area (Å²) in [6.07, 6.45) is 0. The Kier molecular flexibility index (Phi) is 4.18. The highest BCUT2D eigenvalue weighted by atomic mass is 16.5. The van der Waals surface area contributed by atoms with Crippen LogP contribution in [0.5, 0.6) is 5.75 Å². The van der Waals surface area contributed by atoms with Gasteiger partial charge in [-0.2, -0.15) is 0 Å². The van der Waals surface area contributed by atoms with Crippen molar-refractivity contribution in [1.82, 2.24) is 5.32 Å². The van der Waals surface area contributed by atoms with E-state index in [0.717, 1.165) is 22.4 Å². The van der Waals surface area contributed by atoms with Gasteiger partial charge in [-0.15, -0.1) is 0 Å². The highest BCUT2D eigenvalue weighted by Crippen LogP contribution is 2.24. The first-order valence-electron chi connectivity index (χ1n) is 6.17. The van der Waals surface area contributed by atoms with Gasteiger partial charge in [0.2, 0.25) is 5.91 Å². The summed E-state index contributed by atoms with van der Waals surface area (Å²) in [5.41, 5.74) is 3.29. The average molecular weight is 255 g/mol. The topological polar surface area (TPSA) is 38.3 Å². The average Bonchev–Trinajstić information content (AvgIpc) is 2.45. The van der Waals surface area contributed by atoms with Crippen molar-refractivity contribution in [2.75, 3.05) is 7.11 Å². The zero-order valence-corrected chi connectivity index (χ0v) is 11.1. The molecule has 1 N–H and O–H groups in total. The second-order valence-electron chi connectivity index (χ2n) is 4.34. The molecule has 0 heterocycles. The molecule has 0 unspecified atom stereocenters. The number of carbonyl (C=O) groups is 1. The van der Waals surface area contributed by atoms with Gasteiger partial charge in [-0.25, -0.2) is 0 Å². The van der Waals surface area contributed by atoms with Crippen molar-refractivity contribution in [3.05, 3.63) is 54.1 Å². The molecule has 0 aliphatic rings. The van der Waals surface area contributed by atoms with Crippen molar-refractivity contribution >= 4 is 5.91 Å². The molecule has 0 radical (unpaired) electrons. The van der Waals surface area contributed by atoms with E-state index < -0.39 is 0 Å². The lowest BCUT2D eigenvalue weighted by Gasteiger charge is -2.07. The van der Waals surface area contributed by atoms with Gasteiger partial charge < -0.3 is 10.1 Å². The summed E-state index contributed by atoms with van der Waals surface area (Å²) < 4.78 is 5.23. The first-order chi connectivity index (χ1) is 9.19. The summed E-state index contributed by atoms with van der Waals surface area (Å²) in [7, 11) is 1.66. The van der Waals surface area contributed by atoms with Crippen LogP contribution in [0.3, 0.4) is 0 Å². The fourth-order valence-electron chi connectivity index (χ4n) is 1.89. The number of nitrogens with one attached hydrogen (secondary N) is 1. The summed E-state index contributed by atoms with van der Waals surface area (Å²) >= 11 is 0. The smallest absolute Gasteiger partial charge is 0.217 e. The van der Waals surface area contributed by atoms with Gasteiger partial charge in [-0.3, -0.25) is 4.79 Å². The maximum atomic E-state index is 10.9. The molecule has 1 amide bonds. The second kappa shape index (κ2) is 6.05. The molecule has 0 aromatic heterocycles. The lowest BCUT2D eigenvalue weighted by atomic mass is 10.0. The fourth-order valence-corrected chi connectivity index (χ4v) is 1.89. The molecule has 0 bridgehead atoms. The number of ether oxygens (including phenoxy) is 1. The van der Waals surface area contributed by atoms with E-state index >= 15 is 0 Å². The van der Waals surface area contributed by atoms with Gasteiger partial charge in [0, 0.05) is 13.5 Å². The van der Waals surface area contributed by atoms with E-state index in [-0.39, 0.29) is 5.91 Å². The molecule has 98 valence electrons. The Labute approximate surface area is 113 Å². The zero-order valence-electron chi connectivity index (χ0n) is 11.1. The van der Waals surface area contributed by atoms with Crippen LogP contribution in [0.15, 0.2) is 48.5 Å². The van der Waals surface area contributed by atoms with E-state index in [2.05, 4.69) is 11.4 Å². The Balaban J connectivity index is 2.24. The van der Waals surface area contributed by atoms with E-state index in [0.29, 0.717) is 6.54 Å². The van der Waals surface area contributed by atoms with Crippen molar-refractivity contribution in [2.24, 2.45) is 0 Å². The van der Waals surface area contributed by atoms with E-state index in [1.165, 1.54) is 6.92 Å². The van der Waals surface area contributed by atoms with Crippen LogP contribution in [0.2, 0.25) is 0 Å². The number of benzene rings is 2. The number of carbonyl (C=O) groups excluding carboxylic acids is 1. The standard InChI is InChI=1S/C16H17NO2/c1-12(18)17-11-13-5-3-6-14(9-13)15-7-4-8-16(10-15)19-2/h3-10H,11H2,1-2H3,(H,17,18). The van der Waals surface area contributed by atoms with Gasteiger partial charge in [-0.05, 0) is 34.9 Å². The van der Waals surface area contributed by atoms with Gasteiger partial charge in [0.15, 0.2) is 0 Å². The van der Waals surface area contributed by atoms with Crippen molar-refractivity contribution < 1.29 is 9.53 Å². The Hall–Kier alpha value is -2.29. The van der Waals surface area contributed by atoms with Crippen LogP contribution >= 0.6 is 0 Å². The van der Waals surface area contributed by atoms with Crippen LogP contribution in [0.25, 0.3) is 11.1 Å². The lowest BCUT2D eigenvalue weighted by molar-refractivity contribution is -0.119. The van der Waals surface area contributed by atoms with Gasteiger partial charge in [-0.1, -0.05) is 30.3 Å². The monoisotopic (exact) mass is 255 g/mol. The number of hydrogen-bond donors (Lipinski definition) is 1. The SMILES string of the molecule is COc1cccc(-c2cccc(CNC(C)=O)c2)c1. The molecule has 2 rings (SSSR count). The fraction of sp³-hybridized carbons (Fsp3) is 0.188. The molecule has 3 heteroatoms. The molecule has 0 spiro atoms. The summed E-state index contributed by atoms with van der Waals surface area (Å²) in [6, 6.07) is 16.0. The molecule has 0 aliphatic heterocycles. The molecule has 0 saturated carbocycles. The van der Waals surface area contributed by atoms with Crippen molar-refractivity contribution in [3.8, 4) is 16.9 Å². The molecular formula is C16H17NO2. The van der Waals surface area contributed by atoms with Gasteiger partial charge >= 0.3 is 0 Å². The third kappa shape index (κ3) is 3.58. The minimum Gasteiger partial charge on any atom is -0.497 e. The molecule has 2 aromatic rings. The molecule has 0 saturated heterocycles. The molecule has 0 atom stereocenters. The minimum atomic E-state index is -0.0215. The third-order valence-corrected chi connectivity index (χ3v) is 2.87. The lowest BCUT2D eigenvalue weighted by Crippen LogP contribution is -2.18. The second-order valence-corrected chi connectivity index (χ2v) is 4.34. The molecule has 2 aromatic carbocycles. The van der Waals surface area contributed by atoms with E-state index in [4.69, 9.17) is 4.74 Å². The largest absolute Gasteiger partial charge is 0.497 e. The van der Waals surface area contributed by atoms with E-state index in [1.807, 2.05) is 42.5 Å². The summed E-state index contributed by atoms with van der Waals surface area (Å²) in [6.45, 7) is 2.07. The van der Waals surface area contributed by atoms with Crippen LogP contribution in [0, 0.1) is 0 Å². The summed E-state index contributed by atoms with van der Waals surface area (Å²) in [5.74, 6) is 0.816. The quantitative estimate of drug-likeness (QED) is 0.912. The highest BCUT2D eigenvalue weighted by molar-refractivity contribution is 5.73. The molecular weight excluding hydrogens is 238 g/mol. The summed E-state index contributed by atoms with van der Waals surface area (Å²) in [4.78, 5) is 10.9. The van der Waals surface area contributed by atoms with Crippen molar-refractivity contribution in [1.29, 1.82) is 0 Å². The predicted molar refractivity (Wildman–Crippen MR) is 76.0 cm³/mol. The first kappa shape index (κ1) is 13.1. The number of methoxy groups -OCH3 is 1. The molecule has 0 aliphatic carbocycles. The van der Waals surface area contributed by atoms with E-state index in [9.17, 15) is 4.79 Å². The Morgan fingerprint density at radius 2 is 1.79 bits per heavy atom. The predicted octanol–water partition coefficient (Wildman–Crippen LogP) is 3.00. The van der Waals surface area contributed by atoms with Crippen molar-refractivity contribution in [2.45, 2.75) is 13.5 Å². The normalized spacial score (nSPS) is 10.0. The number of amides is 1. The van der Waals surface area contributed by atoms with Gasteiger partial charge in [0.05, 0.1) is 7.11 Å². The molecule has 3 nitrogen and oxygen atoms in total. The maximum Gasteiger partial charge on any atom is 0.217 e. The molecule has 19 heavy (non-hydrogen) atoms. The summed E-state index contributed by atoms with van der Waals surface area (Å²) in [5, 5.41) is 2.80. The Morgan fingerprint density at radius 1 is 1.11 bits per heavy atom. The number of rotatable bonds is 4. The van der Waals surface area contributed by atoms with Crippen LogP contribution < -0.4 is 10.1 Å². The van der Waals surface area contributed by atoms with Crippen LogP contribution in [0.4, 0.5) is 0 Å². The maximum absolute atomic E-state index is 10.9. The van der Waals surface area contributed by atoms with E-state index in [1.54, 1.807) is 7.11 Å². The Morgan fingerprint density at radius 3 is 2.47 bits per heavy atom. The Bertz CT molecular complexity index is 578. The van der Waals surface area contributed by atoms with Gasteiger partial charge in [0.25, 0.3) is 0 Å². The van der Waals surface area contributed by atoms with Crippen LogP contribution in [-0.4, -0.2) is 13.0 Å².